The van der Waals surface area contributed by atoms with Gasteiger partial charge in [-0.25, -0.2) is 9.97 Å². The van der Waals surface area contributed by atoms with Gasteiger partial charge in [0.05, 0.1) is 37.0 Å². The zero-order valence-corrected chi connectivity index (χ0v) is 26.7. The van der Waals surface area contributed by atoms with Crippen LogP contribution in [0.1, 0.15) is 71.4 Å². The molecule has 1 aromatic heterocycles. The number of hydrogen-bond acceptors (Lipinski definition) is 8. The van der Waals surface area contributed by atoms with Crippen LogP contribution in [0.5, 0.6) is 11.6 Å². The molecule has 3 fully saturated rings. The van der Waals surface area contributed by atoms with Crippen LogP contribution in [0.3, 0.4) is 0 Å². The van der Waals surface area contributed by atoms with Crippen LogP contribution in [-0.2, 0) is 25.5 Å². The third-order valence-electron chi connectivity index (χ3n) is 10.5. The number of nitrogens with zero attached hydrogens (tertiary/aromatic N) is 3. The molecule has 1 aromatic carbocycles. The molecule has 1 amide bonds. The van der Waals surface area contributed by atoms with Crippen molar-refractivity contribution < 1.29 is 41.8 Å². The van der Waals surface area contributed by atoms with Gasteiger partial charge in [0.25, 0.3) is 0 Å². The summed E-state index contributed by atoms with van der Waals surface area (Å²) < 4.78 is 61.5. The molecule has 0 spiro atoms. The van der Waals surface area contributed by atoms with Gasteiger partial charge in [0.2, 0.25) is 11.8 Å². The molecule has 8 atom stereocenters. The molecule has 12 heteroatoms. The molecule has 0 radical (unpaired) electrons. The molecule has 2 saturated carbocycles. The van der Waals surface area contributed by atoms with Gasteiger partial charge in [0, 0.05) is 6.07 Å². The average Bonchev–Trinajstić information content (AvgIpc) is 3.51. The highest BCUT2D eigenvalue weighted by Crippen LogP contribution is 2.58. The Morgan fingerprint density at radius 1 is 0.978 bits per heavy atom. The zero-order valence-electron chi connectivity index (χ0n) is 26.7. The maximum atomic E-state index is 14.7. The SMILES string of the molecule is COc1ccc2nc3c(nc2c1)O[C@H]1CN(C(=O)[C@H](C(C)(C)C)CC(=O)O[C@@H]2CC4CC4[C@H]2CCCCC3)[C@H](C=O)[C@@H]1C(F)(F)F. The summed E-state index contributed by atoms with van der Waals surface area (Å²) in [5.41, 5.74) is 0.563. The predicted molar refractivity (Wildman–Crippen MR) is 161 cm³/mol. The molecule has 250 valence electrons. The smallest absolute Gasteiger partial charge is 0.397 e. The van der Waals surface area contributed by atoms with E-state index in [0.717, 1.165) is 37.0 Å². The van der Waals surface area contributed by atoms with Gasteiger partial charge in [-0.15, -0.1) is 0 Å². The number of aldehydes is 1. The van der Waals surface area contributed by atoms with Crippen LogP contribution in [0.25, 0.3) is 11.0 Å². The van der Waals surface area contributed by atoms with Crippen LogP contribution < -0.4 is 9.47 Å². The molecule has 2 aromatic rings. The topological polar surface area (TPSA) is 108 Å². The van der Waals surface area contributed by atoms with Crippen molar-refractivity contribution in [2.24, 2.45) is 35.0 Å². The molecule has 46 heavy (non-hydrogen) atoms. The first-order chi connectivity index (χ1) is 21.8. The highest BCUT2D eigenvalue weighted by Gasteiger charge is 2.60. The highest BCUT2D eigenvalue weighted by molar-refractivity contribution is 5.87. The van der Waals surface area contributed by atoms with E-state index in [0.29, 0.717) is 47.2 Å². The number of alkyl halides is 3. The van der Waals surface area contributed by atoms with Crippen molar-refractivity contribution in [2.45, 2.75) is 96.6 Å². The van der Waals surface area contributed by atoms with Crippen LogP contribution in [0.2, 0.25) is 0 Å². The van der Waals surface area contributed by atoms with E-state index in [9.17, 15) is 27.6 Å². The van der Waals surface area contributed by atoms with E-state index in [4.69, 9.17) is 19.2 Å². The lowest BCUT2D eigenvalue weighted by Gasteiger charge is -2.34. The fourth-order valence-electron chi connectivity index (χ4n) is 7.88. The molecule has 2 aliphatic heterocycles. The summed E-state index contributed by atoms with van der Waals surface area (Å²) in [7, 11) is 1.50. The quantitative estimate of drug-likeness (QED) is 0.302. The summed E-state index contributed by atoms with van der Waals surface area (Å²) in [4.78, 5) is 50.0. The molecule has 6 rings (SSSR count). The average molecular weight is 646 g/mol. The summed E-state index contributed by atoms with van der Waals surface area (Å²) in [6.07, 6.45) is -1.07. The second-order valence-electron chi connectivity index (χ2n) is 14.5. The summed E-state index contributed by atoms with van der Waals surface area (Å²) in [6.45, 7) is 4.78. The standard InChI is InChI=1S/C34H42F3N3O6/c1-33(2,3)22-15-29(42)45-27-13-18-12-21(18)20(27)8-6-5-7-9-24-31(39-25-14-19(44-4)10-11-23(25)38-24)46-28-16-40(32(22)43)26(17-41)30(28)34(35,36)37/h10-11,14,17-18,20-22,26-28,30H,5-9,12-13,15-16H2,1-4H3/t18?,20-,21?,22-,26-,27-,28+,30+/m1/s1. The van der Waals surface area contributed by atoms with Gasteiger partial charge in [0.1, 0.15) is 41.9 Å². The molecule has 2 bridgehead atoms. The maximum Gasteiger partial charge on any atom is 0.397 e. The van der Waals surface area contributed by atoms with Gasteiger partial charge in [-0.3, -0.25) is 9.59 Å². The molecular formula is C34H42F3N3O6. The van der Waals surface area contributed by atoms with Crippen LogP contribution >= 0.6 is 0 Å². The fourth-order valence-corrected chi connectivity index (χ4v) is 7.88. The Morgan fingerprint density at radius 2 is 1.76 bits per heavy atom. The van der Waals surface area contributed by atoms with E-state index < -0.39 is 54.0 Å². The van der Waals surface area contributed by atoms with E-state index in [1.54, 1.807) is 39.0 Å². The van der Waals surface area contributed by atoms with Crippen molar-refractivity contribution >= 4 is 29.2 Å². The number of rotatable bonds is 2. The van der Waals surface area contributed by atoms with E-state index in [1.165, 1.54) is 7.11 Å². The number of esters is 1. The van der Waals surface area contributed by atoms with Crippen molar-refractivity contribution in [2.75, 3.05) is 13.7 Å². The predicted octanol–water partition coefficient (Wildman–Crippen LogP) is 5.71. The number of aryl methyl sites for hydroxylation is 1. The molecule has 9 nitrogen and oxygen atoms in total. The van der Waals surface area contributed by atoms with Gasteiger partial charge < -0.3 is 23.9 Å². The lowest BCUT2D eigenvalue weighted by Crippen LogP contribution is -2.48. The minimum atomic E-state index is -4.87. The Balaban J connectivity index is 1.39. The van der Waals surface area contributed by atoms with Gasteiger partial charge >= 0.3 is 12.1 Å². The van der Waals surface area contributed by atoms with Gasteiger partial charge in [-0.1, -0.05) is 33.6 Å². The minimum absolute atomic E-state index is 0.0484. The number of methoxy groups -OCH3 is 1. The maximum absolute atomic E-state index is 14.7. The number of amides is 1. The number of carbonyl (C=O) groups is 3. The number of aromatic nitrogens is 2. The number of benzene rings is 1. The van der Waals surface area contributed by atoms with Crippen molar-refractivity contribution in [1.82, 2.24) is 14.9 Å². The lowest BCUT2D eigenvalue weighted by molar-refractivity contribution is -0.195. The van der Waals surface area contributed by atoms with Gasteiger partial charge in [0.15, 0.2) is 0 Å². The largest absolute Gasteiger partial charge is 0.497 e. The van der Waals surface area contributed by atoms with Gasteiger partial charge in [-0.05, 0) is 67.4 Å². The molecule has 3 heterocycles. The molecule has 2 unspecified atom stereocenters. The van der Waals surface area contributed by atoms with Crippen molar-refractivity contribution in [3.8, 4) is 11.6 Å². The van der Waals surface area contributed by atoms with E-state index in [2.05, 4.69) is 4.98 Å². The third kappa shape index (κ3) is 6.40. The molecule has 0 N–H and O–H groups in total. The Morgan fingerprint density at radius 3 is 2.46 bits per heavy atom. The summed E-state index contributed by atoms with van der Waals surface area (Å²) in [6, 6.07) is 3.28. The Labute approximate surface area is 266 Å². The fraction of sp³-hybridized carbons (Fsp3) is 0.676. The Bertz CT molecular complexity index is 1490. The second-order valence-corrected chi connectivity index (χ2v) is 14.5. The Kier molecular flexibility index (Phi) is 8.69. The second kappa shape index (κ2) is 12.3. The third-order valence-corrected chi connectivity index (χ3v) is 10.5. The summed E-state index contributed by atoms with van der Waals surface area (Å²) in [5.74, 6) is -2.73. The first-order valence-electron chi connectivity index (χ1n) is 16.3. The van der Waals surface area contributed by atoms with Crippen LogP contribution in [0.4, 0.5) is 13.2 Å². The Hall–Kier alpha value is -3.44. The monoisotopic (exact) mass is 645 g/mol. The normalized spacial score (nSPS) is 32.4. The molecule has 2 aliphatic carbocycles. The first kappa shape index (κ1) is 32.5. The zero-order chi connectivity index (χ0) is 33.0. The summed E-state index contributed by atoms with van der Waals surface area (Å²) >= 11 is 0. The number of halogens is 3. The van der Waals surface area contributed by atoms with Crippen molar-refractivity contribution in [1.29, 1.82) is 0 Å². The van der Waals surface area contributed by atoms with Crippen LogP contribution in [0, 0.1) is 35.0 Å². The minimum Gasteiger partial charge on any atom is -0.497 e. The van der Waals surface area contributed by atoms with E-state index in [1.807, 2.05) is 0 Å². The highest BCUT2D eigenvalue weighted by atomic mass is 19.4. The number of carbonyl (C=O) groups excluding carboxylic acids is 3. The molecular weight excluding hydrogens is 603 g/mol. The van der Waals surface area contributed by atoms with Gasteiger partial charge in [-0.2, -0.15) is 13.2 Å². The molecule has 1 saturated heterocycles. The summed E-state index contributed by atoms with van der Waals surface area (Å²) in [5, 5.41) is 0. The van der Waals surface area contributed by atoms with Crippen LogP contribution in [-0.4, -0.2) is 71.1 Å². The van der Waals surface area contributed by atoms with Crippen molar-refractivity contribution in [3.05, 3.63) is 23.9 Å². The van der Waals surface area contributed by atoms with Crippen molar-refractivity contribution in [3.63, 3.8) is 0 Å². The number of fused-ring (bicyclic) bond motifs is 7. The van der Waals surface area contributed by atoms with Crippen LogP contribution in [0.15, 0.2) is 18.2 Å². The van der Waals surface area contributed by atoms with E-state index >= 15 is 0 Å². The number of ether oxygens (including phenoxy) is 3. The first-order valence-corrected chi connectivity index (χ1v) is 16.3. The van der Waals surface area contributed by atoms with E-state index in [-0.39, 0.29) is 30.6 Å². The molecule has 4 aliphatic rings. The number of hydrogen-bond donors (Lipinski definition) is 0. The lowest BCUT2D eigenvalue weighted by atomic mass is 9.77.